The number of epoxide rings is 1. The van der Waals surface area contributed by atoms with Gasteiger partial charge in [-0.3, -0.25) is 9.59 Å². The molecule has 0 radical (unpaired) electrons. The lowest BCUT2D eigenvalue weighted by Gasteiger charge is -2.11. The number of methoxy groups -OCH3 is 1. The van der Waals surface area contributed by atoms with Crippen LogP contribution in [0.4, 0.5) is 0 Å². The molecule has 0 saturated carbocycles. The fourth-order valence-electron chi connectivity index (χ4n) is 1.93. The third-order valence-electron chi connectivity index (χ3n) is 3.23. The van der Waals surface area contributed by atoms with E-state index in [4.69, 9.17) is 18.9 Å². The Labute approximate surface area is 129 Å². The summed E-state index contributed by atoms with van der Waals surface area (Å²) < 4.78 is 20.9. The Kier molecular flexibility index (Phi) is 5.03. The van der Waals surface area contributed by atoms with Crippen LogP contribution < -0.4 is 9.47 Å². The molecular weight excluding hydrogens is 288 g/mol. The van der Waals surface area contributed by atoms with Crippen molar-refractivity contribution in [3.63, 3.8) is 0 Å². The first kappa shape index (κ1) is 16.3. The molecule has 0 amide bonds. The van der Waals surface area contributed by atoms with Crippen molar-refractivity contribution in [1.82, 2.24) is 0 Å². The van der Waals surface area contributed by atoms with E-state index >= 15 is 0 Å². The Hall–Kier alpha value is -2.08. The van der Waals surface area contributed by atoms with Gasteiger partial charge in [0.15, 0.2) is 11.5 Å². The van der Waals surface area contributed by atoms with E-state index < -0.39 is 0 Å². The largest absolute Gasteiger partial charge is 0.493 e. The summed E-state index contributed by atoms with van der Waals surface area (Å²) in [5, 5.41) is 0. The van der Waals surface area contributed by atoms with Gasteiger partial charge < -0.3 is 18.9 Å². The smallest absolute Gasteiger partial charge is 0.313 e. The molecule has 0 N–H and O–H groups in total. The van der Waals surface area contributed by atoms with Crippen LogP contribution in [0.25, 0.3) is 0 Å². The van der Waals surface area contributed by atoms with Gasteiger partial charge in [-0.2, -0.15) is 0 Å². The van der Waals surface area contributed by atoms with Crippen molar-refractivity contribution in [2.75, 3.05) is 13.7 Å². The summed E-state index contributed by atoms with van der Waals surface area (Å²) in [5.74, 6) is -0.0242. The van der Waals surface area contributed by atoms with E-state index in [0.29, 0.717) is 11.5 Å². The van der Waals surface area contributed by atoms with Crippen LogP contribution in [0.1, 0.15) is 32.4 Å². The monoisotopic (exact) mass is 308 g/mol. The minimum absolute atomic E-state index is 0.136. The van der Waals surface area contributed by atoms with Crippen molar-refractivity contribution in [2.24, 2.45) is 5.92 Å². The first-order chi connectivity index (χ1) is 10.4. The molecule has 120 valence electrons. The standard InChI is InChI=1S/C16H20O6/c1-9(2)16(18)22-12-6-5-11(7-13(12)19-4)15-14(21-15)8-20-10(3)17/h5-7,9,14-15H,8H2,1-4H3/t14-,15+/m1/s1. The second-order valence-electron chi connectivity index (χ2n) is 5.38. The fourth-order valence-corrected chi connectivity index (χ4v) is 1.93. The van der Waals surface area contributed by atoms with Crippen LogP contribution in [0.5, 0.6) is 11.5 Å². The van der Waals surface area contributed by atoms with Crippen molar-refractivity contribution in [3.8, 4) is 11.5 Å². The molecule has 0 bridgehead atoms. The predicted molar refractivity (Wildman–Crippen MR) is 77.7 cm³/mol. The molecular formula is C16H20O6. The van der Waals surface area contributed by atoms with Gasteiger partial charge in [0.05, 0.1) is 13.0 Å². The van der Waals surface area contributed by atoms with Gasteiger partial charge in [0.1, 0.15) is 18.8 Å². The summed E-state index contributed by atoms with van der Waals surface area (Å²) in [6.07, 6.45) is -0.277. The van der Waals surface area contributed by atoms with Gasteiger partial charge in [-0.1, -0.05) is 19.9 Å². The number of carbonyl (C=O) groups is 2. The third kappa shape index (κ3) is 3.98. The van der Waals surface area contributed by atoms with Crippen LogP contribution in [-0.2, 0) is 19.1 Å². The van der Waals surface area contributed by atoms with Crippen LogP contribution in [0.15, 0.2) is 18.2 Å². The normalized spacial score (nSPS) is 19.7. The maximum Gasteiger partial charge on any atom is 0.313 e. The van der Waals surface area contributed by atoms with E-state index in [2.05, 4.69) is 0 Å². The molecule has 22 heavy (non-hydrogen) atoms. The molecule has 2 atom stereocenters. The molecule has 0 spiro atoms. The zero-order valence-electron chi connectivity index (χ0n) is 13.1. The minimum Gasteiger partial charge on any atom is -0.493 e. The van der Waals surface area contributed by atoms with Crippen molar-refractivity contribution >= 4 is 11.9 Å². The van der Waals surface area contributed by atoms with Gasteiger partial charge >= 0.3 is 11.9 Å². The third-order valence-corrected chi connectivity index (χ3v) is 3.23. The molecule has 1 aliphatic rings. The number of ether oxygens (including phenoxy) is 4. The maximum atomic E-state index is 11.7. The Morgan fingerprint density at radius 2 is 2.00 bits per heavy atom. The highest BCUT2D eigenvalue weighted by Gasteiger charge is 2.41. The second-order valence-corrected chi connectivity index (χ2v) is 5.38. The summed E-state index contributed by atoms with van der Waals surface area (Å²) in [6.45, 7) is 5.12. The Morgan fingerprint density at radius 3 is 2.59 bits per heavy atom. The van der Waals surface area contributed by atoms with Gasteiger partial charge in [0.25, 0.3) is 0 Å². The van der Waals surface area contributed by atoms with E-state index in [-0.39, 0.29) is 36.7 Å². The SMILES string of the molecule is COc1cc([C@@H]2O[C@@H]2COC(C)=O)ccc1OC(=O)C(C)C. The average molecular weight is 308 g/mol. The molecule has 6 heteroatoms. The van der Waals surface area contributed by atoms with Gasteiger partial charge in [0, 0.05) is 6.92 Å². The van der Waals surface area contributed by atoms with E-state index in [9.17, 15) is 9.59 Å². The topological polar surface area (TPSA) is 74.4 Å². The first-order valence-corrected chi connectivity index (χ1v) is 7.10. The van der Waals surface area contributed by atoms with Crippen LogP contribution in [-0.4, -0.2) is 31.8 Å². The molecule has 1 aromatic carbocycles. The van der Waals surface area contributed by atoms with Crippen molar-refractivity contribution < 1.29 is 28.5 Å². The molecule has 0 unspecified atom stereocenters. The maximum absolute atomic E-state index is 11.7. The summed E-state index contributed by atoms with van der Waals surface area (Å²) in [4.78, 5) is 22.4. The first-order valence-electron chi connectivity index (χ1n) is 7.10. The molecule has 1 fully saturated rings. The number of benzene rings is 1. The highest BCUT2D eigenvalue weighted by atomic mass is 16.6. The van der Waals surface area contributed by atoms with Crippen molar-refractivity contribution in [2.45, 2.75) is 33.0 Å². The zero-order chi connectivity index (χ0) is 16.3. The summed E-state index contributed by atoms with van der Waals surface area (Å²) >= 11 is 0. The fraction of sp³-hybridized carbons (Fsp3) is 0.500. The quantitative estimate of drug-likeness (QED) is 0.456. The average Bonchev–Trinajstić information content (AvgIpc) is 3.25. The van der Waals surface area contributed by atoms with Gasteiger partial charge in [0.2, 0.25) is 0 Å². The molecule has 0 aromatic heterocycles. The van der Waals surface area contributed by atoms with Crippen LogP contribution >= 0.6 is 0 Å². The van der Waals surface area contributed by atoms with E-state index in [1.165, 1.54) is 14.0 Å². The molecule has 1 aromatic rings. The van der Waals surface area contributed by atoms with E-state index in [1.807, 2.05) is 6.07 Å². The lowest BCUT2D eigenvalue weighted by Crippen LogP contribution is -2.15. The predicted octanol–water partition coefficient (Wildman–Crippen LogP) is 2.26. The lowest BCUT2D eigenvalue weighted by atomic mass is 10.1. The van der Waals surface area contributed by atoms with Gasteiger partial charge in [-0.15, -0.1) is 0 Å². The van der Waals surface area contributed by atoms with Crippen LogP contribution in [0, 0.1) is 5.92 Å². The molecule has 6 nitrogen and oxygen atoms in total. The minimum atomic E-state index is -0.331. The number of hydrogen-bond acceptors (Lipinski definition) is 6. The summed E-state index contributed by atoms with van der Waals surface area (Å²) in [7, 11) is 1.51. The van der Waals surface area contributed by atoms with Crippen molar-refractivity contribution in [1.29, 1.82) is 0 Å². The lowest BCUT2D eigenvalue weighted by molar-refractivity contribution is -0.141. The van der Waals surface area contributed by atoms with Crippen LogP contribution in [0.3, 0.4) is 0 Å². The molecule has 2 rings (SSSR count). The second kappa shape index (κ2) is 6.79. The Balaban J connectivity index is 2.04. The molecule has 1 saturated heterocycles. The number of esters is 2. The number of carbonyl (C=O) groups excluding carboxylic acids is 2. The highest BCUT2D eigenvalue weighted by molar-refractivity contribution is 5.75. The molecule has 1 aliphatic heterocycles. The number of hydrogen-bond donors (Lipinski definition) is 0. The van der Waals surface area contributed by atoms with E-state index in [1.54, 1.807) is 26.0 Å². The highest BCUT2D eigenvalue weighted by Crippen LogP contribution is 2.42. The Morgan fingerprint density at radius 1 is 1.27 bits per heavy atom. The number of rotatable bonds is 6. The zero-order valence-corrected chi connectivity index (χ0v) is 13.1. The van der Waals surface area contributed by atoms with Crippen LogP contribution in [0.2, 0.25) is 0 Å². The van der Waals surface area contributed by atoms with Gasteiger partial charge in [-0.05, 0) is 17.7 Å². The van der Waals surface area contributed by atoms with E-state index in [0.717, 1.165) is 5.56 Å². The van der Waals surface area contributed by atoms with Crippen molar-refractivity contribution in [3.05, 3.63) is 23.8 Å². The summed E-state index contributed by atoms with van der Waals surface area (Å²) in [5.41, 5.74) is 0.887. The molecule has 0 aliphatic carbocycles. The van der Waals surface area contributed by atoms with Gasteiger partial charge in [-0.25, -0.2) is 0 Å². The summed E-state index contributed by atoms with van der Waals surface area (Å²) in [6, 6.07) is 5.25. The Bertz CT molecular complexity index is 566. The molecule has 1 heterocycles.